The summed E-state index contributed by atoms with van der Waals surface area (Å²) >= 11 is 3.54. The van der Waals surface area contributed by atoms with Crippen LogP contribution in [0.15, 0.2) is 22.7 Å². The van der Waals surface area contributed by atoms with Gasteiger partial charge >= 0.3 is 12.0 Å². The van der Waals surface area contributed by atoms with E-state index in [4.69, 9.17) is 9.84 Å². The molecule has 0 bridgehead atoms. The van der Waals surface area contributed by atoms with E-state index in [0.717, 1.165) is 35.0 Å². The summed E-state index contributed by atoms with van der Waals surface area (Å²) in [4.78, 5) is 24.7. The standard InChI is InChI=1S/C17H23BrN2O4/c1-12-4-5-13(15(18)9-12)10-20(11-14-3-2-8-24-14)17(23)19-7-6-16(21)22/h4-5,9,14H,2-3,6-8,10-11H2,1H3,(H,19,23)(H,21,22). The summed E-state index contributed by atoms with van der Waals surface area (Å²) in [5.74, 6) is -0.928. The van der Waals surface area contributed by atoms with Gasteiger partial charge < -0.3 is 20.1 Å². The Balaban J connectivity index is 2.03. The highest BCUT2D eigenvalue weighted by Gasteiger charge is 2.23. The van der Waals surface area contributed by atoms with Crippen molar-refractivity contribution in [3.05, 3.63) is 33.8 Å². The van der Waals surface area contributed by atoms with Crippen molar-refractivity contribution in [3.63, 3.8) is 0 Å². The van der Waals surface area contributed by atoms with E-state index in [-0.39, 0.29) is 25.1 Å². The Morgan fingerprint density at radius 3 is 2.88 bits per heavy atom. The minimum Gasteiger partial charge on any atom is -0.481 e. The Labute approximate surface area is 150 Å². The fourth-order valence-electron chi connectivity index (χ4n) is 2.63. The normalized spacial score (nSPS) is 16.8. The van der Waals surface area contributed by atoms with Crippen molar-refractivity contribution < 1.29 is 19.4 Å². The number of carbonyl (C=O) groups excluding carboxylic acids is 1. The number of amides is 2. The van der Waals surface area contributed by atoms with E-state index in [0.29, 0.717) is 13.1 Å². The number of carboxylic acids is 1. The van der Waals surface area contributed by atoms with E-state index in [2.05, 4.69) is 21.2 Å². The second-order valence-electron chi connectivity index (χ2n) is 5.99. The Hall–Kier alpha value is -1.60. The molecule has 0 aromatic heterocycles. The van der Waals surface area contributed by atoms with Gasteiger partial charge in [0.2, 0.25) is 0 Å². The molecule has 1 aromatic carbocycles. The molecule has 1 fully saturated rings. The first kappa shape index (κ1) is 18.7. The quantitative estimate of drug-likeness (QED) is 0.739. The van der Waals surface area contributed by atoms with Crippen LogP contribution in [0.25, 0.3) is 0 Å². The van der Waals surface area contributed by atoms with Crippen LogP contribution >= 0.6 is 15.9 Å². The molecular formula is C17H23BrN2O4. The fourth-order valence-corrected chi connectivity index (χ4v) is 3.25. The van der Waals surface area contributed by atoms with E-state index in [1.54, 1.807) is 4.90 Å². The molecule has 1 unspecified atom stereocenters. The summed E-state index contributed by atoms with van der Waals surface area (Å²) in [6, 6.07) is 5.75. The zero-order chi connectivity index (χ0) is 17.5. The molecule has 1 aliphatic heterocycles. The lowest BCUT2D eigenvalue weighted by atomic mass is 10.1. The molecule has 7 heteroatoms. The number of carboxylic acid groups (broad SMARTS) is 1. The Kier molecular flexibility index (Phi) is 7.05. The van der Waals surface area contributed by atoms with E-state index in [9.17, 15) is 9.59 Å². The molecular weight excluding hydrogens is 376 g/mol. The summed E-state index contributed by atoms with van der Waals surface area (Å²) in [6.45, 7) is 3.80. The molecule has 0 saturated carbocycles. The monoisotopic (exact) mass is 398 g/mol. The van der Waals surface area contributed by atoms with Gasteiger partial charge in [-0.2, -0.15) is 0 Å². The largest absolute Gasteiger partial charge is 0.481 e. The van der Waals surface area contributed by atoms with Gasteiger partial charge in [0.05, 0.1) is 12.5 Å². The summed E-state index contributed by atoms with van der Waals surface area (Å²) in [6.07, 6.45) is 1.90. The molecule has 0 radical (unpaired) electrons. The number of ether oxygens (including phenoxy) is 1. The van der Waals surface area contributed by atoms with Gasteiger partial charge in [0, 0.05) is 30.7 Å². The molecule has 24 heavy (non-hydrogen) atoms. The van der Waals surface area contributed by atoms with Gasteiger partial charge in [-0.25, -0.2) is 4.79 Å². The SMILES string of the molecule is Cc1ccc(CN(CC2CCCO2)C(=O)NCCC(=O)O)c(Br)c1. The lowest BCUT2D eigenvalue weighted by Crippen LogP contribution is -2.43. The molecule has 0 aliphatic carbocycles. The molecule has 6 nitrogen and oxygen atoms in total. The lowest BCUT2D eigenvalue weighted by Gasteiger charge is -2.26. The molecule has 1 heterocycles. The van der Waals surface area contributed by atoms with Crippen molar-refractivity contribution in [2.45, 2.75) is 38.8 Å². The van der Waals surface area contributed by atoms with Crippen LogP contribution in [0.5, 0.6) is 0 Å². The first-order valence-electron chi connectivity index (χ1n) is 8.07. The van der Waals surface area contributed by atoms with Gasteiger partial charge in [-0.05, 0) is 37.0 Å². The molecule has 1 aromatic rings. The number of nitrogens with one attached hydrogen (secondary N) is 1. The molecule has 132 valence electrons. The second kappa shape index (κ2) is 9.03. The van der Waals surface area contributed by atoms with Crippen LogP contribution in [0, 0.1) is 6.92 Å². The maximum Gasteiger partial charge on any atom is 0.317 e. The number of nitrogens with zero attached hydrogens (tertiary/aromatic N) is 1. The average Bonchev–Trinajstić information content (AvgIpc) is 3.01. The van der Waals surface area contributed by atoms with Gasteiger partial charge in [0.1, 0.15) is 0 Å². The number of aryl methyl sites for hydroxylation is 1. The van der Waals surface area contributed by atoms with Crippen molar-refractivity contribution >= 4 is 27.9 Å². The summed E-state index contributed by atoms with van der Waals surface area (Å²) in [7, 11) is 0. The van der Waals surface area contributed by atoms with E-state index in [1.807, 2.05) is 25.1 Å². The zero-order valence-corrected chi connectivity index (χ0v) is 15.3. The minimum absolute atomic E-state index is 0.0412. The van der Waals surface area contributed by atoms with Crippen molar-refractivity contribution in [1.29, 1.82) is 0 Å². The van der Waals surface area contributed by atoms with Gasteiger partial charge in [-0.1, -0.05) is 28.1 Å². The highest BCUT2D eigenvalue weighted by atomic mass is 79.9. The minimum atomic E-state index is -0.928. The summed E-state index contributed by atoms with van der Waals surface area (Å²) in [5, 5.41) is 11.4. The molecule has 2 rings (SSSR count). The first-order chi connectivity index (χ1) is 11.5. The second-order valence-corrected chi connectivity index (χ2v) is 6.84. The van der Waals surface area contributed by atoms with Gasteiger partial charge in [0.15, 0.2) is 0 Å². The molecule has 0 spiro atoms. The van der Waals surface area contributed by atoms with Crippen molar-refractivity contribution in [3.8, 4) is 0 Å². The molecule has 1 aliphatic rings. The lowest BCUT2D eigenvalue weighted by molar-refractivity contribution is -0.136. The number of urea groups is 1. The number of aliphatic carboxylic acids is 1. The third kappa shape index (κ3) is 5.79. The third-order valence-electron chi connectivity index (χ3n) is 3.92. The maximum atomic E-state index is 12.4. The van der Waals surface area contributed by atoms with Crippen molar-refractivity contribution in [1.82, 2.24) is 10.2 Å². The van der Waals surface area contributed by atoms with E-state index < -0.39 is 5.97 Å². The van der Waals surface area contributed by atoms with Crippen LogP contribution in [0.4, 0.5) is 4.79 Å². The number of hydrogen-bond donors (Lipinski definition) is 2. The van der Waals surface area contributed by atoms with Gasteiger partial charge in [-0.15, -0.1) is 0 Å². The summed E-state index contributed by atoms with van der Waals surface area (Å²) in [5.41, 5.74) is 2.15. The predicted octanol–water partition coefficient (Wildman–Crippen LogP) is 2.92. The number of halogens is 1. The topological polar surface area (TPSA) is 78.9 Å². The van der Waals surface area contributed by atoms with Crippen LogP contribution in [0.2, 0.25) is 0 Å². The number of benzene rings is 1. The molecule has 1 saturated heterocycles. The fraction of sp³-hybridized carbons (Fsp3) is 0.529. The predicted molar refractivity (Wildman–Crippen MR) is 93.9 cm³/mol. The van der Waals surface area contributed by atoms with Gasteiger partial charge in [-0.3, -0.25) is 4.79 Å². The number of carbonyl (C=O) groups is 2. The average molecular weight is 399 g/mol. The van der Waals surface area contributed by atoms with Crippen LogP contribution in [0.3, 0.4) is 0 Å². The van der Waals surface area contributed by atoms with E-state index >= 15 is 0 Å². The van der Waals surface area contributed by atoms with Crippen LogP contribution in [-0.2, 0) is 16.1 Å². The number of hydrogen-bond acceptors (Lipinski definition) is 3. The molecule has 1 atom stereocenters. The Morgan fingerprint density at radius 1 is 1.46 bits per heavy atom. The Morgan fingerprint density at radius 2 is 2.25 bits per heavy atom. The van der Waals surface area contributed by atoms with Crippen LogP contribution in [0.1, 0.15) is 30.4 Å². The van der Waals surface area contributed by atoms with Crippen LogP contribution in [-0.4, -0.2) is 47.8 Å². The van der Waals surface area contributed by atoms with Crippen LogP contribution < -0.4 is 5.32 Å². The highest BCUT2D eigenvalue weighted by Crippen LogP contribution is 2.21. The number of rotatable bonds is 7. The highest BCUT2D eigenvalue weighted by molar-refractivity contribution is 9.10. The third-order valence-corrected chi connectivity index (χ3v) is 4.66. The molecule has 2 amide bonds. The summed E-state index contributed by atoms with van der Waals surface area (Å²) < 4.78 is 6.59. The smallest absolute Gasteiger partial charge is 0.317 e. The Bertz CT molecular complexity index is 588. The van der Waals surface area contributed by atoms with Gasteiger partial charge in [0.25, 0.3) is 0 Å². The van der Waals surface area contributed by atoms with Crippen molar-refractivity contribution in [2.75, 3.05) is 19.7 Å². The maximum absolute atomic E-state index is 12.4. The van der Waals surface area contributed by atoms with Crippen molar-refractivity contribution in [2.24, 2.45) is 0 Å². The van der Waals surface area contributed by atoms with E-state index in [1.165, 1.54) is 0 Å². The molecule has 2 N–H and O–H groups in total. The first-order valence-corrected chi connectivity index (χ1v) is 8.86. The zero-order valence-electron chi connectivity index (χ0n) is 13.8.